The summed E-state index contributed by atoms with van der Waals surface area (Å²) in [4.78, 5) is 4.24. The molecule has 100 valence electrons. The first-order valence-corrected chi connectivity index (χ1v) is 6.68. The van der Waals surface area contributed by atoms with Crippen LogP contribution in [0.2, 0.25) is 0 Å². The van der Waals surface area contributed by atoms with Crippen LogP contribution in [0.1, 0.15) is 11.1 Å². The molecule has 0 radical (unpaired) electrons. The molecule has 1 aromatic heterocycles. The number of hydrogen-bond acceptors (Lipinski definition) is 4. The van der Waals surface area contributed by atoms with Crippen molar-refractivity contribution in [1.29, 1.82) is 0 Å². The van der Waals surface area contributed by atoms with Crippen LogP contribution in [0.5, 0.6) is 5.75 Å². The van der Waals surface area contributed by atoms with Crippen LogP contribution in [0, 0.1) is 6.92 Å². The second-order valence-corrected chi connectivity index (χ2v) is 5.10. The second-order valence-electron chi connectivity index (χ2n) is 4.25. The predicted molar refractivity (Wildman–Crippen MR) is 81.4 cm³/mol. The third-order valence-electron chi connectivity index (χ3n) is 2.84. The zero-order valence-corrected chi connectivity index (χ0v) is 12.5. The Morgan fingerprint density at radius 3 is 2.79 bits per heavy atom. The molecular weight excluding hydrogens is 306 g/mol. The summed E-state index contributed by atoms with van der Waals surface area (Å²) in [6, 6.07) is 7.91. The molecule has 1 heterocycles. The molecule has 0 saturated heterocycles. The lowest BCUT2D eigenvalue weighted by atomic mass is 10.2. The number of methoxy groups -OCH3 is 1. The van der Waals surface area contributed by atoms with Crippen LogP contribution in [-0.4, -0.2) is 12.1 Å². The number of aromatic nitrogens is 1. The Balaban J connectivity index is 2.05. The summed E-state index contributed by atoms with van der Waals surface area (Å²) in [5.41, 5.74) is 8.61. The number of nitrogens with two attached hydrogens (primary N) is 1. The number of ether oxygens (including phenoxy) is 1. The van der Waals surface area contributed by atoms with Gasteiger partial charge in [0.25, 0.3) is 0 Å². The fourth-order valence-electron chi connectivity index (χ4n) is 1.68. The van der Waals surface area contributed by atoms with Crippen LogP contribution in [0.15, 0.2) is 34.9 Å². The van der Waals surface area contributed by atoms with Gasteiger partial charge in [0.2, 0.25) is 0 Å². The van der Waals surface area contributed by atoms with E-state index in [-0.39, 0.29) is 0 Å². The van der Waals surface area contributed by atoms with Gasteiger partial charge in [0.15, 0.2) is 0 Å². The predicted octanol–water partition coefficient (Wildman–Crippen LogP) is 3.36. The fourth-order valence-corrected chi connectivity index (χ4v) is 2.26. The molecule has 2 aromatic rings. The van der Waals surface area contributed by atoms with Crippen molar-refractivity contribution in [3.05, 3.63) is 46.1 Å². The van der Waals surface area contributed by atoms with Gasteiger partial charge in [-0.25, -0.2) is 4.98 Å². The first-order chi connectivity index (χ1) is 9.10. The van der Waals surface area contributed by atoms with Gasteiger partial charge in [-0.2, -0.15) is 0 Å². The molecule has 0 aliphatic heterocycles. The molecule has 0 bridgehead atoms. The number of nitrogen functional groups attached to an aromatic ring is 1. The van der Waals surface area contributed by atoms with E-state index in [4.69, 9.17) is 10.5 Å². The lowest BCUT2D eigenvalue weighted by molar-refractivity contribution is 0.412. The van der Waals surface area contributed by atoms with Crippen molar-refractivity contribution in [3.8, 4) is 5.75 Å². The largest absolute Gasteiger partial charge is 0.496 e. The van der Waals surface area contributed by atoms with Gasteiger partial charge in [-0.05, 0) is 52.2 Å². The number of benzene rings is 1. The number of rotatable bonds is 4. The van der Waals surface area contributed by atoms with Crippen LogP contribution < -0.4 is 15.8 Å². The van der Waals surface area contributed by atoms with Gasteiger partial charge in [0.05, 0.1) is 23.5 Å². The van der Waals surface area contributed by atoms with Crippen molar-refractivity contribution in [2.75, 3.05) is 18.2 Å². The normalized spacial score (nSPS) is 10.3. The maximum absolute atomic E-state index is 5.74. The molecule has 3 N–H and O–H groups in total. The molecule has 0 saturated carbocycles. The maximum atomic E-state index is 5.74. The zero-order chi connectivity index (χ0) is 13.8. The van der Waals surface area contributed by atoms with E-state index in [1.165, 1.54) is 0 Å². The van der Waals surface area contributed by atoms with Gasteiger partial charge >= 0.3 is 0 Å². The molecule has 0 aliphatic carbocycles. The van der Waals surface area contributed by atoms with Crippen LogP contribution in [0.3, 0.4) is 0 Å². The number of hydrogen-bond donors (Lipinski definition) is 2. The number of nitrogens with zero attached hydrogens (tertiary/aromatic N) is 1. The Hall–Kier alpha value is -1.75. The Kier molecular flexibility index (Phi) is 4.27. The Morgan fingerprint density at radius 1 is 1.37 bits per heavy atom. The van der Waals surface area contributed by atoms with Crippen molar-refractivity contribution in [3.63, 3.8) is 0 Å². The molecule has 0 amide bonds. The Labute approximate surface area is 121 Å². The zero-order valence-electron chi connectivity index (χ0n) is 10.9. The highest BCUT2D eigenvalue weighted by atomic mass is 79.9. The molecular formula is C14H16BrN3O. The third kappa shape index (κ3) is 3.38. The summed E-state index contributed by atoms with van der Waals surface area (Å²) in [6.07, 6.45) is 1.67. The van der Waals surface area contributed by atoms with E-state index in [0.717, 1.165) is 27.2 Å². The average molecular weight is 322 g/mol. The van der Waals surface area contributed by atoms with Crippen molar-refractivity contribution < 1.29 is 4.74 Å². The minimum atomic E-state index is 0.693. The highest BCUT2D eigenvalue weighted by Crippen LogP contribution is 2.25. The van der Waals surface area contributed by atoms with Crippen LogP contribution in [0.4, 0.5) is 11.5 Å². The van der Waals surface area contributed by atoms with E-state index in [2.05, 4.69) is 26.2 Å². The summed E-state index contributed by atoms with van der Waals surface area (Å²) in [7, 11) is 1.65. The molecule has 0 fully saturated rings. The molecule has 0 unspecified atom stereocenters. The first-order valence-electron chi connectivity index (χ1n) is 5.88. The smallest absolute Gasteiger partial charge is 0.133 e. The van der Waals surface area contributed by atoms with Crippen LogP contribution in [-0.2, 0) is 6.54 Å². The lowest BCUT2D eigenvalue weighted by Crippen LogP contribution is -2.03. The molecule has 0 spiro atoms. The van der Waals surface area contributed by atoms with Gasteiger partial charge < -0.3 is 15.8 Å². The molecule has 1 aromatic carbocycles. The summed E-state index contributed by atoms with van der Waals surface area (Å²) in [5, 5.41) is 3.27. The number of aryl methyl sites for hydroxylation is 1. The molecule has 19 heavy (non-hydrogen) atoms. The second kappa shape index (κ2) is 5.93. The van der Waals surface area contributed by atoms with E-state index >= 15 is 0 Å². The number of pyridine rings is 1. The first kappa shape index (κ1) is 13.7. The maximum Gasteiger partial charge on any atom is 0.133 e. The van der Waals surface area contributed by atoms with E-state index < -0.39 is 0 Å². The third-order valence-corrected chi connectivity index (χ3v) is 3.46. The quantitative estimate of drug-likeness (QED) is 0.906. The highest BCUT2D eigenvalue weighted by Gasteiger charge is 2.02. The van der Waals surface area contributed by atoms with Crippen molar-refractivity contribution >= 4 is 27.4 Å². The van der Waals surface area contributed by atoms with Gasteiger partial charge in [-0.3, -0.25) is 0 Å². The molecule has 5 heteroatoms. The SMILES string of the molecule is COc1ccc(CNc2cc(C)c(N)cn2)cc1Br. The van der Waals surface area contributed by atoms with Crippen molar-refractivity contribution in [2.24, 2.45) is 0 Å². The van der Waals surface area contributed by atoms with Crippen LogP contribution >= 0.6 is 15.9 Å². The van der Waals surface area contributed by atoms with E-state index in [1.807, 2.05) is 31.2 Å². The molecule has 0 aliphatic rings. The Bertz CT molecular complexity index is 587. The van der Waals surface area contributed by atoms with Gasteiger partial charge in [-0.1, -0.05) is 6.07 Å². The summed E-state index contributed by atoms with van der Waals surface area (Å²) >= 11 is 3.47. The topological polar surface area (TPSA) is 60.2 Å². The lowest BCUT2D eigenvalue weighted by Gasteiger charge is -2.09. The number of anilines is 2. The molecule has 2 rings (SSSR count). The van der Waals surface area contributed by atoms with Gasteiger partial charge in [0, 0.05) is 6.54 Å². The number of halogens is 1. The summed E-state index contributed by atoms with van der Waals surface area (Å²) in [5.74, 6) is 1.64. The van der Waals surface area contributed by atoms with E-state index in [0.29, 0.717) is 12.2 Å². The minimum absolute atomic E-state index is 0.693. The van der Waals surface area contributed by atoms with Crippen molar-refractivity contribution in [1.82, 2.24) is 4.98 Å². The van der Waals surface area contributed by atoms with Gasteiger partial charge in [-0.15, -0.1) is 0 Å². The van der Waals surface area contributed by atoms with Crippen LogP contribution in [0.25, 0.3) is 0 Å². The standard InChI is InChI=1S/C14H16BrN3O/c1-9-5-14(18-8-12(9)16)17-7-10-3-4-13(19-2)11(15)6-10/h3-6,8H,7,16H2,1-2H3,(H,17,18). The Morgan fingerprint density at radius 2 is 2.16 bits per heavy atom. The molecule has 4 nitrogen and oxygen atoms in total. The fraction of sp³-hybridized carbons (Fsp3) is 0.214. The average Bonchev–Trinajstić information content (AvgIpc) is 2.40. The van der Waals surface area contributed by atoms with E-state index in [9.17, 15) is 0 Å². The minimum Gasteiger partial charge on any atom is -0.496 e. The van der Waals surface area contributed by atoms with Crippen molar-refractivity contribution in [2.45, 2.75) is 13.5 Å². The van der Waals surface area contributed by atoms with E-state index in [1.54, 1.807) is 13.3 Å². The van der Waals surface area contributed by atoms with Gasteiger partial charge in [0.1, 0.15) is 11.6 Å². The highest BCUT2D eigenvalue weighted by molar-refractivity contribution is 9.10. The number of nitrogens with one attached hydrogen (secondary N) is 1. The molecule has 0 atom stereocenters. The summed E-state index contributed by atoms with van der Waals surface area (Å²) in [6.45, 7) is 2.66. The monoisotopic (exact) mass is 321 g/mol. The summed E-state index contributed by atoms with van der Waals surface area (Å²) < 4.78 is 6.14.